The first-order valence-corrected chi connectivity index (χ1v) is 6.87. The molecule has 1 aromatic carbocycles. The lowest BCUT2D eigenvalue weighted by atomic mass is 10.0. The van der Waals surface area contributed by atoms with Gasteiger partial charge in [-0.25, -0.2) is 4.79 Å². The number of carboxylic acid groups (broad SMARTS) is 1. The minimum atomic E-state index is -1.02. The normalized spacial score (nSPS) is 13.5. The van der Waals surface area contributed by atoms with Crippen molar-refractivity contribution >= 4 is 11.9 Å². The molecule has 1 aromatic rings. The van der Waals surface area contributed by atoms with Crippen molar-refractivity contribution in [3.63, 3.8) is 0 Å². The molecule has 0 heterocycles. The van der Waals surface area contributed by atoms with Gasteiger partial charge in [-0.05, 0) is 24.8 Å². The monoisotopic (exact) mass is 278 g/mol. The van der Waals surface area contributed by atoms with Gasteiger partial charge in [0, 0.05) is 0 Å². The van der Waals surface area contributed by atoms with Gasteiger partial charge in [0.15, 0.2) is 0 Å². The fraction of sp³-hybridized carbons (Fsp3) is 0.467. The minimum Gasteiger partial charge on any atom is -0.480 e. The van der Waals surface area contributed by atoms with Gasteiger partial charge in [-0.3, -0.25) is 4.79 Å². The number of aryl methyl sites for hydroxylation is 1. The van der Waals surface area contributed by atoms with Gasteiger partial charge in [-0.1, -0.05) is 43.7 Å². The van der Waals surface area contributed by atoms with Crippen molar-refractivity contribution < 1.29 is 14.7 Å². The van der Waals surface area contributed by atoms with Gasteiger partial charge in [-0.15, -0.1) is 0 Å². The van der Waals surface area contributed by atoms with E-state index in [1.165, 1.54) is 0 Å². The Kier molecular flexibility index (Phi) is 6.73. The van der Waals surface area contributed by atoms with Crippen molar-refractivity contribution in [1.29, 1.82) is 0 Å². The van der Waals surface area contributed by atoms with Gasteiger partial charge in [0.2, 0.25) is 5.91 Å². The van der Waals surface area contributed by atoms with E-state index in [4.69, 9.17) is 10.8 Å². The second-order valence-electron chi connectivity index (χ2n) is 4.82. The number of hydrogen-bond acceptors (Lipinski definition) is 3. The molecule has 0 spiro atoms. The van der Waals surface area contributed by atoms with Crippen LogP contribution in [0.5, 0.6) is 0 Å². The third-order valence-corrected chi connectivity index (χ3v) is 3.12. The topological polar surface area (TPSA) is 92.4 Å². The highest BCUT2D eigenvalue weighted by Crippen LogP contribution is 2.05. The summed E-state index contributed by atoms with van der Waals surface area (Å²) in [5, 5.41) is 11.5. The van der Waals surface area contributed by atoms with E-state index < -0.39 is 24.0 Å². The van der Waals surface area contributed by atoms with Crippen LogP contribution in [0.1, 0.15) is 31.7 Å². The highest BCUT2D eigenvalue weighted by atomic mass is 16.4. The molecule has 0 fully saturated rings. The number of benzene rings is 1. The maximum absolute atomic E-state index is 11.9. The summed E-state index contributed by atoms with van der Waals surface area (Å²) in [7, 11) is 0. The van der Waals surface area contributed by atoms with E-state index in [1.807, 2.05) is 37.3 Å². The summed E-state index contributed by atoms with van der Waals surface area (Å²) < 4.78 is 0. The lowest BCUT2D eigenvalue weighted by Gasteiger charge is -2.17. The molecule has 4 N–H and O–H groups in total. The number of carboxylic acids is 1. The molecule has 0 aliphatic rings. The van der Waals surface area contributed by atoms with Crippen molar-refractivity contribution in [1.82, 2.24) is 5.32 Å². The van der Waals surface area contributed by atoms with E-state index in [1.54, 1.807) is 0 Å². The molecule has 5 heteroatoms. The first-order chi connectivity index (χ1) is 9.54. The summed E-state index contributed by atoms with van der Waals surface area (Å²) in [6.45, 7) is 1.87. The van der Waals surface area contributed by atoms with Crippen molar-refractivity contribution in [2.24, 2.45) is 5.73 Å². The van der Waals surface area contributed by atoms with E-state index in [0.717, 1.165) is 5.56 Å². The van der Waals surface area contributed by atoms with E-state index in [-0.39, 0.29) is 0 Å². The van der Waals surface area contributed by atoms with E-state index >= 15 is 0 Å². The van der Waals surface area contributed by atoms with Crippen LogP contribution in [0.4, 0.5) is 0 Å². The number of aliphatic carboxylic acids is 1. The van der Waals surface area contributed by atoms with E-state index in [9.17, 15) is 9.59 Å². The Morgan fingerprint density at radius 1 is 1.25 bits per heavy atom. The van der Waals surface area contributed by atoms with E-state index in [2.05, 4.69) is 5.32 Å². The van der Waals surface area contributed by atoms with Crippen LogP contribution in [-0.4, -0.2) is 29.1 Å². The highest BCUT2D eigenvalue weighted by Gasteiger charge is 2.22. The zero-order chi connectivity index (χ0) is 15.0. The molecule has 0 saturated carbocycles. The van der Waals surface area contributed by atoms with Gasteiger partial charge in [0.05, 0.1) is 6.04 Å². The van der Waals surface area contributed by atoms with Crippen LogP contribution in [0.2, 0.25) is 0 Å². The zero-order valence-electron chi connectivity index (χ0n) is 11.7. The Morgan fingerprint density at radius 3 is 2.45 bits per heavy atom. The van der Waals surface area contributed by atoms with Crippen LogP contribution in [-0.2, 0) is 16.0 Å². The molecule has 1 rings (SSSR count). The minimum absolute atomic E-state index is 0.401. The number of hydrogen-bond donors (Lipinski definition) is 3. The molecule has 5 nitrogen and oxygen atoms in total. The largest absolute Gasteiger partial charge is 0.480 e. The van der Waals surface area contributed by atoms with Gasteiger partial charge >= 0.3 is 5.97 Å². The van der Waals surface area contributed by atoms with Gasteiger partial charge in [0.1, 0.15) is 6.04 Å². The summed E-state index contributed by atoms with van der Waals surface area (Å²) in [4.78, 5) is 22.8. The number of carbonyl (C=O) groups excluding carboxylic acids is 1. The lowest BCUT2D eigenvalue weighted by Crippen LogP contribution is -2.48. The predicted octanol–water partition coefficient (Wildman–Crippen LogP) is 1.32. The average molecular weight is 278 g/mol. The number of nitrogens with two attached hydrogens (primary N) is 1. The SMILES string of the molecule is CCCC(NC(=O)C(N)CCc1ccccc1)C(=O)O. The van der Waals surface area contributed by atoms with Crippen LogP contribution in [0.15, 0.2) is 30.3 Å². The summed E-state index contributed by atoms with van der Waals surface area (Å²) in [5.74, 6) is -1.42. The van der Waals surface area contributed by atoms with Gasteiger partial charge in [-0.2, -0.15) is 0 Å². The molecule has 20 heavy (non-hydrogen) atoms. The zero-order valence-corrected chi connectivity index (χ0v) is 11.7. The standard InChI is InChI=1S/C15H22N2O3/c1-2-6-13(15(19)20)17-14(18)12(16)10-9-11-7-4-3-5-8-11/h3-5,7-8,12-13H,2,6,9-10,16H2,1H3,(H,17,18)(H,19,20). The second kappa shape index (κ2) is 8.32. The number of carbonyl (C=O) groups is 2. The smallest absolute Gasteiger partial charge is 0.326 e. The molecule has 0 aliphatic carbocycles. The summed E-state index contributed by atoms with van der Waals surface area (Å²) in [6.07, 6.45) is 2.29. The average Bonchev–Trinajstić information content (AvgIpc) is 2.45. The highest BCUT2D eigenvalue weighted by molar-refractivity contribution is 5.86. The molecular formula is C15H22N2O3. The molecule has 1 amide bonds. The number of nitrogens with one attached hydrogen (secondary N) is 1. The fourth-order valence-electron chi connectivity index (χ4n) is 1.92. The Hall–Kier alpha value is -1.88. The fourth-order valence-corrected chi connectivity index (χ4v) is 1.92. The van der Waals surface area contributed by atoms with Crippen molar-refractivity contribution in [3.05, 3.63) is 35.9 Å². The third-order valence-electron chi connectivity index (χ3n) is 3.12. The molecule has 110 valence electrons. The quantitative estimate of drug-likeness (QED) is 0.668. The molecule has 2 unspecified atom stereocenters. The lowest BCUT2D eigenvalue weighted by molar-refractivity contribution is -0.142. The van der Waals surface area contributed by atoms with Crippen molar-refractivity contribution in [2.45, 2.75) is 44.7 Å². The first kappa shape index (κ1) is 16.2. The van der Waals surface area contributed by atoms with Crippen molar-refractivity contribution in [2.75, 3.05) is 0 Å². The van der Waals surface area contributed by atoms with Crippen molar-refractivity contribution in [3.8, 4) is 0 Å². The molecule has 2 atom stereocenters. The first-order valence-electron chi connectivity index (χ1n) is 6.87. The van der Waals surface area contributed by atoms with Gasteiger partial charge < -0.3 is 16.2 Å². The van der Waals surface area contributed by atoms with Gasteiger partial charge in [0.25, 0.3) is 0 Å². The second-order valence-corrected chi connectivity index (χ2v) is 4.82. The molecular weight excluding hydrogens is 256 g/mol. The maximum Gasteiger partial charge on any atom is 0.326 e. The Bertz CT molecular complexity index is 434. The summed E-state index contributed by atoms with van der Waals surface area (Å²) >= 11 is 0. The molecule has 0 bridgehead atoms. The third kappa shape index (κ3) is 5.40. The molecule has 0 radical (unpaired) electrons. The molecule has 0 aromatic heterocycles. The van der Waals surface area contributed by atoms with Crippen LogP contribution in [0.3, 0.4) is 0 Å². The van der Waals surface area contributed by atoms with E-state index in [0.29, 0.717) is 25.7 Å². The number of rotatable bonds is 8. The Balaban J connectivity index is 2.44. The molecule has 0 saturated heterocycles. The molecule has 0 aliphatic heterocycles. The predicted molar refractivity (Wildman–Crippen MR) is 77.2 cm³/mol. The van der Waals surface area contributed by atoms with Crippen LogP contribution >= 0.6 is 0 Å². The van der Waals surface area contributed by atoms with Crippen LogP contribution in [0.25, 0.3) is 0 Å². The summed E-state index contributed by atoms with van der Waals surface area (Å²) in [5.41, 5.74) is 6.91. The number of amides is 1. The van der Waals surface area contributed by atoms with Crippen LogP contribution < -0.4 is 11.1 Å². The Labute approximate surface area is 119 Å². The maximum atomic E-state index is 11.9. The summed E-state index contributed by atoms with van der Waals surface area (Å²) in [6, 6.07) is 8.21. The van der Waals surface area contributed by atoms with Crippen LogP contribution in [0, 0.1) is 0 Å². The Morgan fingerprint density at radius 2 is 1.90 bits per heavy atom.